The Labute approximate surface area is 393 Å². The Hall–Kier alpha value is -7.43. The summed E-state index contributed by atoms with van der Waals surface area (Å²) in [7, 11) is -5.39. The first-order chi connectivity index (χ1) is 32.8. The van der Waals surface area contributed by atoms with Gasteiger partial charge in [-0.05, 0) is 93.2 Å². The van der Waals surface area contributed by atoms with Crippen LogP contribution < -0.4 is 30.0 Å². The number of methoxy groups -OCH3 is 3. The molecule has 68 heavy (non-hydrogen) atoms. The van der Waals surface area contributed by atoms with Crippen LogP contribution in [0.5, 0.6) is 17.2 Å². The number of hydrogen-bond acceptors (Lipinski definition) is 15. The lowest BCUT2D eigenvalue weighted by Crippen LogP contribution is -2.46. The van der Waals surface area contributed by atoms with Crippen molar-refractivity contribution in [2.45, 2.75) is 42.1 Å². The summed E-state index contributed by atoms with van der Waals surface area (Å²) in [5.41, 5.74) is 9.03. The number of hydrogen-bond donors (Lipinski definition) is 4. The van der Waals surface area contributed by atoms with Gasteiger partial charge in [0.1, 0.15) is 39.5 Å². The van der Waals surface area contributed by atoms with E-state index >= 15 is 8.42 Å². The predicted molar refractivity (Wildman–Crippen MR) is 251 cm³/mol. The number of rotatable bonds is 21. The van der Waals surface area contributed by atoms with Gasteiger partial charge in [-0.15, -0.1) is 10.2 Å². The van der Waals surface area contributed by atoms with Gasteiger partial charge in [-0.1, -0.05) is 72.8 Å². The molecule has 0 fully saturated rings. The van der Waals surface area contributed by atoms with E-state index in [1.807, 2.05) is 6.07 Å². The minimum Gasteiger partial charge on any atom is -0.497 e. The molecular formula is C47H49N9O10S2. The number of carbonyl (C=O) groups excluding carboxylic acids is 1. The first kappa shape index (κ1) is 48.5. The lowest BCUT2D eigenvalue weighted by molar-refractivity contribution is 0.137. The van der Waals surface area contributed by atoms with E-state index in [0.29, 0.717) is 39.5 Å². The number of amides is 1. The summed E-state index contributed by atoms with van der Waals surface area (Å²) in [5, 5.41) is 26.2. The number of tetrazole rings is 1. The maximum Gasteiger partial charge on any atom is 0.407 e. The van der Waals surface area contributed by atoms with Crippen molar-refractivity contribution in [2.24, 2.45) is 0 Å². The molecule has 2 heterocycles. The second-order valence-corrected chi connectivity index (χ2v) is 18.7. The molecule has 0 bridgehead atoms. The molecule has 21 heteroatoms. The van der Waals surface area contributed by atoms with Gasteiger partial charge in [-0.3, -0.25) is 0 Å². The molecule has 5 N–H and O–H groups in total. The topological polar surface area (TPSA) is 252 Å². The molecule has 0 spiro atoms. The van der Waals surface area contributed by atoms with Crippen LogP contribution in [0.1, 0.15) is 22.3 Å². The molecule has 1 atom stereocenters. The zero-order valence-corrected chi connectivity index (χ0v) is 38.9. The van der Waals surface area contributed by atoms with Crippen LogP contribution in [-0.4, -0.2) is 98.1 Å². The largest absolute Gasteiger partial charge is 0.497 e. The normalized spacial score (nSPS) is 12.1. The second-order valence-electron chi connectivity index (χ2n) is 15.2. The number of nitrogens with one attached hydrogen (secondary N) is 2. The van der Waals surface area contributed by atoms with Gasteiger partial charge in [-0.2, -0.15) is 9.10 Å². The average molecular weight is 964 g/mol. The zero-order chi connectivity index (χ0) is 48.3. The summed E-state index contributed by atoms with van der Waals surface area (Å²) in [6.45, 7) is -1.70. The summed E-state index contributed by atoms with van der Waals surface area (Å²) in [4.78, 5) is 16.6. The molecule has 19 nitrogen and oxygen atoms in total. The minimum absolute atomic E-state index is 0.0655. The van der Waals surface area contributed by atoms with Crippen molar-refractivity contribution < 1.29 is 45.7 Å². The number of nitrogens with two attached hydrogens (primary N) is 1. The van der Waals surface area contributed by atoms with Gasteiger partial charge in [0.15, 0.2) is 0 Å². The number of aliphatic hydroxyl groups excluding tert-OH is 1. The fraction of sp³-hybridized carbons (Fsp3) is 0.213. The highest BCUT2D eigenvalue weighted by molar-refractivity contribution is 7.92. The van der Waals surface area contributed by atoms with Crippen molar-refractivity contribution in [1.82, 2.24) is 39.5 Å². The SMILES string of the molecule is COc1ccc(CN(Cc2ccc(OC)cc2)S(=O)(=O)c2c(S(=O)(=O)N[C@H](CO)CNC(=O)OCc3ccccc3)ccc(-c3ccnc(N)c3)c2-c2nnn(Cc3ccc(OC)cc3)n2)cc1. The summed E-state index contributed by atoms with van der Waals surface area (Å²) in [6.07, 6.45) is 0.543. The maximum atomic E-state index is 15.9. The van der Waals surface area contributed by atoms with E-state index < -0.39 is 55.1 Å². The van der Waals surface area contributed by atoms with Gasteiger partial charge in [0.05, 0.1) is 46.1 Å². The molecule has 0 unspecified atom stereocenters. The van der Waals surface area contributed by atoms with Gasteiger partial charge < -0.3 is 35.1 Å². The Kier molecular flexibility index (Phi) is 15.6. The van der Waals surface area contributed by atoms with Gasteiger partial charge in [0, 0.05) is 25.8 Å². The Morgan fingerprint density at radius 3 is 1.91 bits per heavy atom. The molecule has 7 aromatic rings. The standard InChI is InChI=1S/C47H49N9O10S2/c1-63-38-15-9-32(10-16-38)27-55(28-33-11-17-39(64-2)18-12-33)68(61,62)45-42(67(59,60)53-37(30-57)26-50-47(58)66-31-35-7-5-4-6-8-35)22-21-41(36-23-24-49-43(48)25-36)44(45)46-51-54-56(52-46)29-34-13-19-40(65-3)20-14-34/h4-25,37,53,57H,26-31H2,1-3H3,(H2,48,49)(H,50,58)/t37-/m0/s1. The van der Waals surface area contributed by atoms with E-state index in [1.165, 1.54) is 37.3 Å². The molecule has 2 aromatic heterocycles. The Morgan fingerprint density at radius 1 is 0.765 bits per heavy atom. The van der Waals surface area contributed by atoms with Gasteiger partial charge in [0.2, 0.25) is 25.9 Å². The maximum absolute atomic E-state index is 15.9. The monoisotopic (exact) mass is 963 g/mol. The smallest absolute Gasteiger partial charge is 0.407 e. The highest BCUT2D eigenvalue weighted by Gasteiger charge is 2.38. The van der Waals surface area contributed by atoms with Crippen LogP contribution in [-0.2, 0) is 51.0 Å². The van der Waals surface area contributed by atoms with Crippen molar-refractivity contribution in [3.63, 3.8) is 0 Å². The van der Waals surface area contributed by atoms with Crippen LogP contribution in [0.3, 0.4) is 0 Å². The molecule has 0 aliphatic carbocycles. The zero-order valence-electron chi connectivity index (χ0n) is 37.2. The highest BCUT2D eigenvalue weighted by atomic mass is 32.2. The Bertz CT molecular complexity index is 2980. The average Bonchev–Trinajstić information content (AvgIpc) is 3.82. The molecule has 0 saturated heterocycles. The number of benzene rings is 5. The third-order valence-corrected chi connectivity index (χ3v) is 14.1. The van der Waals surface area contributed by atoms with Crippen molar-refractivity contribution in [2.75, 3.05) is 40.2 Å². The van der Waals surface area contributed by atoms with Crippen LogP contribution in [0.25, 0.3) is 22.5 Å². The molecule has 7 rings (SSSR count). The molecule has 1 amide bonds. The lowest BCUT2D eigenvalue weighted by Gasteiger charge is -2.27. The van der Waals surface area contributed by atoms with Gasteiger partial charge >= 0.3 is 6.09 Å². The molecule has 0 aliphatic rings. The van der Waals surface area contributed by atoms with Crippen molar-refractivity contribution in [1.29, 1.82) is 0 Å². The van der Waals surface area contributed by atoms with E-state index in [1.54, 1.807) is 110 Å². The number of anilines is 1. The first-order valence-corrected chi connectivity index (χ1v) is 23.9. The van der Waals surface area contributed by atoms with Crippen molar-refractivity contribution in [3.8, 4) is 39.8 Å². The Balaban J connectivity index is 1.38. The van der Waals surface area contributed by atoms with Crippen LogP contribution in [0.15, 0.2) is 143 Å². The molecule has 5 aromatic carbocycles. The summed E-state index contributed by atoms with van der Waals surface area (Å²) in [6, 6.07) is 33.8. The molecular weight excluding hydrogens is 915 g/mol. The number of ether oxygens (including phenoxy) is 4. The van der Waals surface area contributed by atoms with Gasteiger partial charge in [0.25, 0.3) is 0 Å². The number of alkyl carbamates (subject to hydrolysis) is 1. The number of nitrogen functional groups attached to an aromatic ring is 1. The minimum atomic E-state index is -5.00. The predicted octanol–water partition coefficient (Wildman–Crippen LogP) is 5.02. The van der Waals surface area contributed by atoms with Crippen LogP contribution >= 0.6 is 0 Å². The highest BCUT2D eigenvalue weighted by Crippen LogP contribution is 2.41. The fourth-order valence-corrected chi connectivity index (χ4v) is 10.7. The van der Waals surface area contributed by atoms with Gasteiger partial charge in [-0.25, -0.2) is 31.3 Å². The van der Waals surface area contributed by atoms with E-state index in [2.05, 4.69) is 30.4 Å². The summed E-state index contributed by atoms with van der Waals surface area (Å²) >= 11 is 0. The molecule has 354 valence electrons. The number of sulfonamides is 2. The first-order valence-electron chi connectivity index (χ1n) is 20.9. The third kappa shape index (κ3) is 11.9. The molecule has 0 saturated carbocycles. The number of carbonyl (C=O) groups is 1. The number of aromatic nitrogens is 5. The number of nitrogens with zero attached hydrogens (tertiary/aromatic N) is 6. The molecule has 0 aliphatic heterocycles. The lowest BCUT2D eigenvalue weighted by atomic mass is 10.00. The molecule has 0 radical (unpaired) electrons. The van der Waals surface area contributed by atoms with E-state index in [0.717, 1.165) is 15.9 Å². The van der Waals surface area contributed by atoms with E-state index in [4.69, 9.17) is 24.7 Å². The second kappa shape index (κ2) is 21.9. The third-order valence-electron chi connectivity index (χ3n) is 10.5. The summed E-state index contributed by atoms with van der Waals surface area (Å²) in [5.74, 6) is 1.54. The quantitative estimate of drug-likeness (QED) is 0.0739. The summed E-state index contributed by atoms with van der Waals surface area (Å²) < 4.78 is 86.5. The number of pyridine rings is 1. The fourth-order valence-electron chi connectivity index (χ4n) is 7.05. The van der Waals surface area contributed by atoms with Crippen molar-refractivity contribution >= 4 is 32.0 Å². The Morgan fingerprint density at radius 2 is 1.35 bits per heavy atom. The van der Waals surface area contributed by atoms with Crippen LogP contribution in [0, 0.1) is 0 Å². The number of aliphatic hydroxyl groups is 1. The van der Waals surface area contributed by atoms with Crippen LogP contribution in [0.2, 0.25) is 0 Å². The van der Waals surface area contributed by atoms with Crippen LogP contribution in [0.4, 0.5) is 10.6 Å². The van der Waals surface area contributed by atoms with E-state index in [9.17, 15) is 18.3 Å². The van der Waals surface area contributed by atoms with Crippen molar-refractivity contribution in [3.05, 3.63) is 156 Å². The van der Waals surface area contributed by atoms with E-state index in [-0.39, 0.29) is 49.0 Å².